The molecule has 1 fully saturated rings. The Balaban J connectivity index is 1.69. The van der Waals surface area contributed by atoms with Crippen LogP contribution in [-0.4, -0.2) is 35.2 Å². The van der Waals surface area contributed by atoms with Crippen molar-refractivity contribution in [3.8, 4) is 0 Å². The van der Waals surface area contributed by atoms with Crippen molar-refractivity contribution in [2.45, 2.75) is 26.3 Å². The Labute approximate surface area is 163 Å². The minimum Gasteiger partial charge on any atom is -0.341 e. The highest BCUT2D eigenvalue weighted by Crippen LogP contribution is 2.27. The van der Waals surface area contributed by atoms with Crippen molar-refractivity contribution in [1.29, 1.82) is 0 Å². The van der Waals surface area contributed by atoms with Crippen molar-refractivity contribution in [2.24, 2.45) is 5.92 Å². The number of aryl methyl sites for hydroxylation is 1. The Morgan fingerprint density at radius 2 is 1.89 bits per heavy atom. The summed E-state index contributed by atoms with van der Waals surface area (Å²) in [5.41, 5.74) is 2.44. The number of para-hydroxylation sites is 1. The summed E-state index contributed by atoms with van der Waals surface area (Å²) in [6.07, 6.45) is 1.07. The van der Waals surface area contributed by atoms with Gasteiger partial charge in [0.1, 0.15) is 0 Å². The number of nitro benzene ring substituents is 1. The summed E-state index contributed by atoms with van der Waals surface area (Å²) in [5, 5.41) is 11.2. The lowest BCUT2D eigenvalue weighted by molar-refractivity contribution is -0.385. The van der Waals surface area contributed by atoms with Crippen LogP contribution in [0.15, 0.2) is 48.5 Å². The van der Waals surface area contributed by atoms with Crippen LogP contribution >= 0.6 is 0 Å². The average Bonchev–Trinajstić information content (AvgIpc) is 3.09. The Morgan fingerprint density at radius 3 is 2.54 bits per heavy atom. The highest BCUT2D eigenvalue weighted by molar-refractivity contribution is 6.00. The fourth-order valence-corrected chi connectivity index (χ4v) is 3.50. The summed E-state index contributed by atoms with van der Waals surface area (Å²) in [7, 11) is 1.61. The third kappa shape index (κ3) is 4.03. The van der Waals surface area contributed by atoms with Gasteiger partial charge in [-0.1, -0.05) is 37.3 Å². The first-order valence-corrected chi connectivity index (χ1v) is 9.27. The quantitative estimate of drug-likeness (QED) is 0.568. The minimum atomic E-state index is -0.453. The van der Waals surface area contributed by atoms with Crippen LogP contribution in [0.3, 0.4) is 0 Å². The molecular formula is C21H23N3O4. The van der Waals surface area contributed by atoms with Crippen molar-refractivity contribution in [3.05, 3.63) is 69.8 Å². The van der Waals surface area contributed by atoms with Crippen molar-refractivity contribution in [1.82, 2.24) is 4.90 Å². The van der Waals surface area contributed by atoms with E-state index in [-0.39, 0.29) is 30.5 Å². The molecule has 1 atom stereocenters. The molecule has 146 valence electrons. The number of hydrogen-bond acceptors (Lipinski definition) is 4. The number of benzene rings is 2. The van der Waals surface area contributed by atoms with E-state index < -0.39 is 10.8 Å². The lowest BCUT2D eigenvalue weighted by Gasteiger charge is -2.21. The smallest absolute Gasteiger partial charge is 0.274 e. The van der Waals surface area contributed by atoms with Gasteiger partial charge in [-0.15, -0.1) is 0 Å². The van der Waals surface area contributed by atoms with Crippen LogP contribution in [0.25, 0.3) is 0 Å². The third-order valence-corrected chi connectivity index (χ3v) is 5.10. The molecule has 0 aromatic heterocycles. The van der Waals surface area contributed by atoms with E-state index in [4.69, 9.17) is 0 Å². The molecule has 1 unspecified atom stereocenters. The number of rotatable bonds is 6. The number of anilines is 1. The molecular weight excluding hydrogens is 358 g/mol. The lowest BCUT2D eigenvalue weighted by Crippen LogP contribution is -2.34. The molecule has 1 saturated heterocycles. The molecule has 2 amide bonds. The number of carbonyl (C=O) groups excluding carboxylic acids is 2. The SMILES string of the molecule is CCc1ccc(N2CC(C(=O)N(C)Cc3ccccc3[N+](=O)[O-])CC2=O)cc1. The van der Waals surface area contributed by atoms with Crippen LogP contribution in [0.4, 0.5) is 11.4 Å². The first kappa shape index (κ1) is 19.5. The van der Waals surface area contributed by atoms with Gasteiger partial charge in [0.05, 0.1) is 17.4 Å². The molecule has 3 rings (SSSR count). The Kier molecular flexibility index (Phi) is 5.73. The normalized spacial score (nSPS) is 16.3. The highest BCUT2D eigenvalue weighted by Gasteiger charge is 2.36. The molecule has 7 nitrogen and oxygen atoms in total. The van der Waals surface area contributed by atoms with E-state index in [0.29, 0.717) is 12.1 Å². The summed E-state index contributed by atoms with van der Waals surface area (Å²) >= 11 is 0. The van der Waals surface area contributed by atoms with Gasteiger partial charge < -0.3 is 9.80 Å². The van der Waals surface area contributed by atoms with Crippen LogP contribution in [-0.2, 0) is 22.6 Å². The molecule has 0 saturated carbocycles. The van der Waals surface area contributed by atoms with Gasteiger partial charge in [-0.25, -0.2) is 0 Å². The molecule has 0 radical (unpaired) electrons. The van der Waals surface area contributed by atoms with Gasteiger partial charge in [0, 0.05) is 37.3 Å². The van der Waals surface area contributed by atoms with Gasteiger partial charge in [-0.05, 0) is 24.1 Å². The Morgan fingerprint density at radius 1 is 1.21 bits per heavy atom. The topological polar surface area (TPSA) is 83.8 Å². The van der Waals surface area contributed by atoms with Crippen LogP contribution in [0, 0.1) is 16.0 Å². The first-order valence-electron chi connectivity index (χ1n) is 9.27. The Hall–Kier alpha value is -3.22. The zero-order valence-electron chi connectivity index (χ0n) is 16.0. The van der Waals surface area contributed by atoms with Crippen molar-refractivity contribution in [2.75, 3.05) is 18.5 Å². The maximum Gasteiger partial charge on any atom is 0.274 e. The first-order chi connectivity index (χ1) is 13.4. The van der Waals surface area contributed by atoms with E-state index in [2.05, 4.69) is 6.92 Å². The molecule has 1 aliphatic rings. The fraction of sp³-hybridized carbons (Fsp3) is 0.333. The molecule has 0 bridgehead atoms. The predicted octanol–water partition coefficient (Wildman–Crippen LogP) is 3.17. The van der Waals surface area contributed by atoms with Crippen LogP contribution in [0.1, 0.15) is 24.5 Å². The zero-order valence-corrected chi connectivity index (χ0v) is 16.0. The molecule has 7 heteroatoms. The second kappa shape index (κ2) is 8.21. The molecule has 0 N–H and O–H groups in total. The van der Waals surface area contributed by atoms with Gasteiger partial charge in [-0.3, -0.25) is 19.7 Å². The molecule has 0 spiro atoms. The van der Waals surface area contributed by atoms with Gasteiger partial charge >= 0.3 is 0 Å². The van der Waals surface area contributed by atoms with E-state index in [1.807, 2.05) is 24.3 Å². The highest BCUT2D eigenvalue weighted by atomic mass is 16.6. The van der Waals surface area contributed by atoms with Crippen molar-refractivity contribution >= 4 is 23.2 Å². The monoisotopic (exact) mass is 381 g/mol. The fourth-order valence-electron chi connectivity index (χ4n) is 3.50. The molecule has 2 aromatic rings. The van der Waals surface area contributed by atoms with Crippen LogP contribution < -0.4 is 4.90 Å². The average molecular weight is 381 g/mol. The second-order valence-electron chi connectivity index (χ2n) is 7.01. The van der Waals surface area contributed by atoms with Crippen molar-refractivity contribution in [3.63, 3.8) is 0 Å². The zero-order chi connectivity index (χ0) is 20.3. The van der Waals surface area contributed by atoms with E-state index in [1.54, 1.807) is 30.1 Å². The van der Waals surface area contributed by atoms with Gasteiger partial charge in [0.2, 0.25) is 11.8 Å². The standard InChI is InChI=1S/C21H23N3O4/c1-3-15-8-10-18(11-9-15)23-14-17(12-20(23)25)21(26)22(2)13-16-6-4-5-7-19(16)24(27)28/h4-11,17H,3,12-14H2,1-2H3. The summed E-state index contributed by atoms with van der Waals surface area (Å²) in [6.45, 7) is 2.52. The van der Waals surface area contributed by atoms with E-state index in [1.165, 1.54) is 16.5 Å². The molecule has 28 heavy (non-hydrogen) atoms. The second-order valence-corrected chi connectivity index (χ2v) is 7.01. The minimum absolute atomic E-state index is 0.0118. The van der Waals surface area contributed by atoms with Crippen LogP contribution in [0.2, 0.25) is 0 Å². The summed E-state index contributed by atoms with van der Waals surface area (Å²) in [4.78, 5) is 39.1. The maximum absolute atomic E-state index is 12.8. The number of carbonyl (C=O) groups is 2. The Bertz CT molecular complexity index is 895. The van der Waals surface area contributed by atoms with Gasteiger partial charge in [-0.2, -0.15) is 0 Å². The number of nitrogens with zero attached hydrogens (tertiary/aromatic N) is 3. The largest absolute Gasteiger partial charge is 0.341 e. The van der Waals surface area contributed by atoms with E-state index >= 15 is 0 Å². The number of hydrogen-bond donors (Lipinski definition) is 0. The predicted molar refractivity (Wildman–Crippen MR) is 106 cm³/mol. The summed E-state index contributed by atoms with van der Waals surface area (Å²) < 4.78 is 0. The molecule has 0 aliphatic carbocycles. The maximum atomic E-state index is 12.8. The van der Waals surface area contributed by atoms with Gasteiger partial charge in [0.15, 0.2) is 0 Å². The lowest BCUT2D eigenvalue weighted by atomic mass is 10.1. The molecule has 1 heterocycles. The number of nitro groups is 1. The third-order valence-electron chi connectivity index (χ3n) is 5.10. The van der Waals surface area contributed by atoms with E-state index in [0.717, 1.165) is 12.1 Å². The summed E-state index contributed by atoms with van der Waals surface area (Å²) in [5.74, 6) is -0.716. The van der Waals surface area contributed by atoms with Crippen molar-refractivity contribution < 1.29 is 14.5 Å². The number of amides is 2. The summed E-state index contributed by atoms with van der Waals surface area (Å²) in [6, 6.07) is 14.2. The molecule has 2 aromatic carbocycles. The van der Waals surface area contributed by atoms with Crippen LogP contribution in [0.5, 0.6) is 0 Å². The van der Waals surface area contributed by atoms with E-state index in [9.17, 15) is 19.7 Å². The van der Waals surface area contributed by atoms with Gasteiger partial charge in [0.25, 0.3) is 5.69 Å². The molecule has 1 aliphatic heterocycles.